The highest BCUT2D eigenvalue weighted by atomic mass is 16.5. The Morgan fingerprint density at radius 1 is 1.00 bits per heavy atom. The molecule has 1 saturated heterocycles. The van der Waals surface area contributed by atoms with Crippen molar-refractivity contribution >= 4 is 29.1 Å². The molecule has 3 amide bonds. The van der Waals surface area contributed by atoms with Crippen molar-refractivity contribution in [3.63, 3.8) is 0 Å². The molecule has 0 aromatic heterocycles. The van der Waals surface area contributed by atoms with Gasteiger partial charge in [-0.1, -0.05) is 0 Å². The summed E-state index contributed by atoms with van der Waals surface area (Å²) in [7, 11) is 3.01. The number of hydrogen-bond acceptors (Lipinski definition) is 6. The van der Waals surface area contributed by atoms with Crippen molar-refractivity contribution in [3.8, 4) is 17.2 Å². The molecule has 1 heterocycles. The molecule has 9 nitrogen and oxygen atoms in total. The summed E-state index contributed by atoms with van der Waals surface area (Å²) < 4.78 is 16.3. The van der Waals surface area contributed by atoms with Gasteiger partial charge in [0.15, 0.2) is 18.1 Å². The minimum atomic E-state index is -0.358. The van der Waals surface area contributed by atoms with Gasteiger partial charge >= 0.3 is 0 Å². The van der Waals surface area contributed by atoms with E-state index in [1.54, 1.807) is 48.4 Å². The van der Waals surface area contributed by atoms with E-state index in [4.69, 9.17) is 14.2 Å². The van der Waals surface area contributed by atoms with Crippen molar-refractivity contribution in [3.05, 3.63) is 42.0 Å². The molecule has 0 saturated carbocycles. The van der Waals surface area contributed by atoms with E-state index in [0.717, 1.165) is 12.8 Å². The lowest BCUT2D eigenvalue weighted by Crippen LogP contribution is -2.35. The molecule has 3 rings (SSSR count). The summed E-state index contributed by atoms with van der Waals surface area (Å²) in [6.07, 6.45) is 2.28. The van der Waals surface area contributed by atoms with E-state index < -0.39 is 0 Å². The van der Waals surface area contributed by atoms with Gasteiger partial charge in [0.1, 0.15) is 5.75 Å². The van der Waals surface area contributed by atoms with E-state index in [0.29, 0.717) is 47.2 Å². The van der Waals surface area contributed by atoms with Crippen LogP contribution >= 0.6 is 0 Å². The van der Waals surface area contributed by atoms with Crippen LogP contribution in [0.1, 0.15) is 43.5 Å². The Hall–Kier alpha value is -3.75. The van der Waals surface area contributed by atoms with E-state index >= 15 is 0 Å². The zero-order valence-corrected chi connectivity index (χ0v) is 20.0. The highest BCUT2D eigenvalue weighted by molar-refractivity contribution is 6.05. The average Bonchev–Trinajstić information content (AvgIpc) is 2.82. The second-order valence-corrected chi connectivity index (χ2v) is 8.22. The second kappa shape index (κ2) is 11.4. The molecule has 0 radical (unpaired) electrons. The van der Waals surface area contributed by atoms with Crippen molar-refractivity contribution in [2.75, 3.05) is 37.6 Å². The summed E-state index contributed by atoms with van der Waals surface area (Å²) in [5.74, 6) is 0.686. The molecule has 2 aromatic carbocycles. The summed E-state index contributed by atoms with van der Waals surface area (Å²) >= 11 is 0. The third-order valence-corrected chi connectivity index (χ3v) is 5.29. The molecule has 34 heavy (non-hydrogen) atoms. The number of carbonyl (C=O) groups excluding carboxylic acids is 3. The first kappa shape index (κ1) is 24.9. The van der Waals surface area contributed by atoms with Crippen LogP contribution in [-0.4, -0.2) is 51.1 Å². The second-order valence-electron chi connectivity index (χ2n) is 8.22. The summed E-state index contributed by atoms with van der Waals surface area (Å²) in [6, 6.07) is 9.92. The minimum Gasteiger partial charge on any atom is -0.495 e. The van der Waals surface area contributed by atoms with E-state index in [-0.39, 0.29) is 30.4 Å². The molecule has 9 heteroatoms. The average molecular weight is 470 g/mol. The van der Waals surface area contributed by atoms with Crippen molar-refractivity contribution in [1.82, 2.24) is 5.32 Å². The fourth-order valence-corrected chi connectivity index (χ4v) is 3.68. The Balaban J connectivity index is 1.74. The Bertz CT molecular complexity index is 1050. The number of benzene rings is 2. The predicted molar refractivity (Wildman–Crippen MR) is 129 cm³/mol. The van der Waals surface area contributed by atoms with Gasteiger partial charge in [0.05, 0.1) is 19.9 Å². The molecule has 0 aliphatic carbocycles. The highest BCUT2D eigenvalue weighted by Gasteiger charge is 2.23. The number of anilines is 2. The molecule has 1 aliphatic rings. The van der Waals surface area contributed by atoms with Gasteiger partial charge in [-0.15, -0.1) is 0 Å². The third kappa shape index (κ3) is 6.18. The van der Waals surface area contributed by atoms with Crippen molar-refractivity contribution in [1.29, 1.82) is 0 Å². The Morgan fingerprint density at radius 2 is 1.74 bits per heavy atom. The molecule has 0 atom stereocenters. The molecule has 1 aliphatic heterocycles. The zero-order valence-electron chi connectivity index (χ0n) is 20.0. The van der Waals surface area contributed by atoms with Crippen LogP contribution in [0.15, 0.2) is 36.4 Å². The van der Waals surface area contributed by atoms with Crippen molar-refractivity contribution in [2.24, 2.45) is 0 Å². The van der Waals surface area contributed by atoms with Gasteiger partial charge in [-0.3, -0.25) is 14.4 Å². The molecule has 1 fully saturated rings. The fourth-order valence-electron chi connectivity index (χ4n) is 3.68. The first-order valence-electron chi connectivity index (χ1n) is 11.2. The lowest BCUT2D eigenvalue weighted by molar-refractivity contribution is -0.123. The Kier molecular flexibility index (Phi) is 8.34. The van der Waals surface area contributed by atoms with E-state index in [1.807, 2.05) is 13.8 Å². The van der Waals surface area contributed by atoms with E-state index in [2.05, 4.69) is 10.6 Å². The topological polar surface area (TPSA) is 106 Å². The molecular weight excluding hydrogens is 438 g/mol. The van der Waals surface area contributed by atoms with Gasteiger partial charge in [0, 0.05) is 30.3 Å². The van der Waals surface area contributed by atoms with Gasteiger partial charge in [-0.05, 0) is 63.1 Å². The molecule has 0 spiro atoms. The molecule has 2 aromatic rings. The predicted octanol–water partition coefficient (Wildman–Crippen LogP) is 3.38. The summed E-state index contributed by atoms with van der Waals surface area (Å²) in [4.78, 5) is 38.8. The lowest BCUT2D eigenvalue weighted by atomic mass is 10.1. The normalized spacial score (nSPS) is 13.4. The van der Waals surface area contributed by atoms with E-state index in [1.165, 1.54) is 7.11 Å². The maximum absolute atomic E-state index is 12.9. The van der Waals surface area contributed by atoms with Gasteiger partial charge < -0.3 is 29.7 Å². The lowest BCUT2D eigenvalue weighted by Gasteiger charge is -2.28. The number of amides is 3. The Labute approximate surface area is 199 Å². The number of methoxy groups -OCH3 is 2. The van der Waals surface area contributed by atoms with Crippen LogP contribution in [0.2, 0.25) is 0 Å². The number of rotatable bonds is 9. The van der Waals surface area contributed by atoms with Crippen LogP contribution in [0, 0.1) is 0 Å². The van der Waals surface area contributed by atoms with Crippen molar-refractivity contribution < 1.29 is 28.6 Å². The van der Waals surface area contributed by atoms with Crippen molar-refractivity contribution in [2.45, 2.75) is 39.2 Å². The van der Waals surface area contributed by atoms with Gasteiger partial charge in [0.2, 0.25) is 5.91 Å². The van der Waals surface area contributed by atoms with Gasteiger partial charge in [-0.25, -0.2) is 0 Å². The van der Waals surface area contributed by atoms with Gasteiger partial charge in [0.25, 0.3) is 11.8 Å². The maximum atomic E-state index is 12.9. The third-order valence-electron chi connectivity index (χ3n) is 5.29. The van der Waals surface area contributed by atoms with Crippen LogP contribution in [0.3, 0.4) is 0 Å². The van der Waals surface area contributed by atoms with E-state index in [9.17, 15) is 14.4 Å². The monoisotopic (exact) mass is 469 g/mol. The first-order chi connectivity index (χ1) is 16.3. The van der Waals surface area contributed by atoms with Gasteiger partial charge in [-0.2, -0.15) is 0 Å². The SMILES string of the molecule is COc1cc(C(=O)Nc2ccc(OC)c(N3CCCCC3=O)c2)ccc1OCC(=O)NC(C)C. The van der Waals surface area contributed by atoms with Crippen LogP contribution in [-0.2, 0) is 9.59 Å². The van der Waals surface area contributed by atoms with Crippen LogP contribution < -0.4 is 29.7 Å². The Morgan fingerprint density at radius 3 is 2.41 bits per heavy atom. The number of piperidine rings is 1. The fraction of sp³-hybridized carbons (Fsp3) is 0.400. The maximum Gasteiger partial charge on any atom is 0.258 e. The molecule has 0 bridgehead atoms. The quantitative estimate of drug-likeness (QED) is 0.583. The summed E-state index contributed by atoms with van der Waals surface area (Å²) in [6.45, 7) is 4.18. The smallest absolute Gasteiger partial charge is 0.258 e. The summed E-state index contributed by atoms with van der Waals surface area (Å²) in [5, 5.41) is 5.60. The van der Waals surface area contributed by atoms with Crippen LogP contribution in [0.5, 0.6) is 17.2 Å². The minimum absolute atomic E-state index is 0.00979. The largest absolute Gasteiger partial charge is 0.495 e. The molecule has 0 unspecified atom stereocenters. The number of nitrogens with one attached hydrogen (secondary N) is 2. The standard InChI is InChI=1S/C25H31N3O6/c1-16(2)26-23(29)15-34-21-10-8-17(13-22(21)33-4)25(31)27-18-9-11-20(32-3)19(14-18)28-12-6-5-7-24(28)30/h8-11,13-14,16H,5-7,12,15H2,1-4H3,(H,26,29)(H,27,31). The number of carbonyl (C=O) groups is 3. The van der Waals surface area contributed by atoms with Crippen LogP contribution in [0.4, 0.5) is 11.4 Å². The highest BCUT2D eigenvalue weighted by Crippen LogP contribution is 2.34. The number of ether oxygens (including phenoxy) is 3. The number of hydrogen-bond donors (Lipinski definition) is 2. The molecular formula is C25H31N3O6. The molecule has 182 valence electrons. The number of nitrogens with zero attached hydrogens (tertiary/aromatic N) is 1. The summed E-state index contributed by atoms with van der Waals surface area (Å²) in [5.41, 5.74) is 1.51. The zero-order chi connectivity index (χ0) is 24.7. The van der Waals surface area contributed by atoms with Crippen LogP contribution in [0.25, 0.3) is 0 Å². The molecule has 2 N–H and O–H groups in total. The first-order valence-corrected chi connectivity index (χ1v) is 11.2.